The molecule has 3 nitrogen and oxygen atoms in total. The van der Waals surface area contributed by atoms with Crippen molar-refractivity contribution in [3.05, 3.63) is 69.3 Å². The van der Waals surface area contributed by atoms with E-state index in [1.165, 1.54) is 7.11 Å². The summed E-state index contributed by atoms with van der Waals surface area (Å²) in [5.41, 5.74) is 5.32. The second kappa shape index (κ2) is 7.47. The third kappa shape index (κ3) is 4.02. The minimum atomic E-state index is -0.368. The van der Waals surface area contributed by atoms with Gasteiger partial charge in [0.2, 0.25) is 0 Å². The van der Waals surface area contributed by atoms with Crippen LogP contribution in [0.5, 0.6) is 0 Å². The minimum absolute atomic E-state index is 0.368. The molecule has 1 N–H and O–H groups in total. The number of anilines is 1. The van der Waals surface area contributed by atoms with Gasteiger partial charge in [-0.25, -0.2) is 4.79 Å². The summed E-state index contributed by atoms with van der Waals surface area (Å²) in [6, 6.07) is 13.8. The lowest BCUT2D eigenvalue weighted by Gasteiger charge is -2.16. The first-order chi connectivity index (χ1) is 10.9. The van der Waals surface area contributed by atoms with Crippen molar-refractivity contribution >= 4 is 33.2 Å². The van der Waals surface area contributed by atoms with Gasteiger partial charge in [-0.15, -0.1) is 0 Å². The molecular weight excluding hydrogens is 354 g/mol. The number of carbonyl (C=O) groups is 1. The summed E-state index contributed by atoms with van der Waals surface area (Å²) >= 11 is 3.50. The molecule has 0 saturated carbocycles. The highest BCUT2D eigenvalue weighted by Gasteiger charge is 2.18. The molecule has 23 heavy (non-hydrogen) atoms. The molecule has 4 heteroatoms. The molecule has 2 aromatic carbocycles. The van der Waals surface area contributed by atoms with Crippen molar-refractivity contribution < 1.29 is 9.53 Å². The van der Waals surface area contributed by atoms with Gasteiger partial charge in [0.1, 0.15) is 0 Å². The van der Waals surface area contributed by atoms with Crippen molar-refractivity contribution in [2.75, 3.05) is 12.4 Å². The Balaban J connectivity index is 2.52. The Labute approximate surface area is 145 Å². The standard InChI is InChI=1S/C19H20BrNO2/c1-12-9-10-13(2)17(11-12)21-14(3)18(19(22)23-4)15-7-5-6-8-16(15)20/h5-11,21H,1-4H3. The smallest absolute Gasteiger partial charge is 0.340 e. The molecule has 0 fully saturated rings. The molecule has 0 heterocycles. The highest BCUT2D eigenvalue weighted by molar-refractivity contribution is 9.10. The summed E-state index contributed by atoms with van der Waals surface area (Å²) in [7, 11) is 1.39. The average Bonchev–Trinajstić information content (AvgIpc) is 2.52. The van der Waals surface area contributed by atoms with E-state index >= 15 is 0 Å². The Hall–Kier alpha value is -2.07. The van der Waals surface area contributed by atoms with Crippen molar-refractivity contribution in [1.29, 1.82) is 0 Å². The fraction of sp³-hybridized carbons (Fsp3) is 0.211. The first-order valence-electron chi connectivity index (χ1n) is 7.32. The SMILES string of the molecule is COC(=O)C(=C(C)Nc1cc(C)ccc1C)c1ccccc1Br. The number of benzene rings is 2. The third-order valence-corrected chi connectivity index (χ3v) is 4.31. The number of carbonyl (C=O) groups excluding carboxylic acids is 1. The molecule has 0 atom stereocenters. The molecule has 0 aliphatic carbocycles. The summed E-state index contributed by atoms with van der Waals surface area (Å²) in [6.45, 7) is 5.96. The number of esters is 1. The second-order valence-corrected chi connectivity index (χ2v) is 6.27. The van der Waals surface area contributed by atoms with Gasteiger partial charge in [0.05, 0.1) is 12.7 Å². The van der Waals surface area contributed by atoms with Crippen LogP contribution >= 0.6 is 15.9 Å². The average molecular weight is 374 g/mol. The van der Waals surface area contributed by atoms with Gasteiger partial charge in [-0.3, -0.25) is 0 Å². The van der Waals surface area contributed by atoms with E-state index in [4.69, 9.17) is 4.74 Å². The number of methoxy groups -OCH3 is 1. The molecule has 0 amide bonds. The minimum Gasteiger partial charge on any atom is -0.465 e. The molecular formula is C19H20BrNO2. The van der Waals surface area contributed by atoms with E-state index in [1.807, 2.05) is 45.0 Å². The predicted octanol–water partition coefficient (Wildman–Crippen LogP) is 5.08. The Bertz CT molecular complexity index is 766. The zero-order chi connectivity index (χ0) is 17.0. The van der Waals surface area contributed by atoms with E-state index in [0.29, 0.717) is 5.57 Å². The van der Waals surface area contributed by atoms with Gasteiger partial charge < -0.3 is 10.1 Å². The predicted molar refractivity (Wildman–Crippen MR) is 98.3 cm³/mol. The first kappa shape index (κ1) is 17.3. The molecule has 0 radical (unpaired) electrons. The molecule has 0 spiro atoms. The molecule has 2 aromatic rings. The summed E-state index contributed by atoms with van der Waals surface area (Å²) in [5.74, 6) is -0.368. The van der Waals surface area contributed by atoms with Crippen molar-refractivity contribution in [3.8, 4) is 0 Å². The lowest BCUT2D eigenvalue weighted by molar-refractivity contribution is -0.133. The molecule has 2 rings (SSSR count). The number of halogens is 1. The molecule has 120 valence electrons. The van der Waals surface area contributed by atoms with Crippen LogP contribution < -0.4 is 5.32 Å². The number of nitrogens with one attached hydrogen (secondary N) is 1. The van der Waals surface area contributed by atoms with Crippen LogP contribution in [0.15, 0.2) is 52.6 Å². The monoisotopic (exact) mass is 373 g/mol. The van der Waals surface area contributed by atoms with Crippen LogP contribution in [-0.2, 0) is 9.53 Å². The van der Waals surface area contributed by atoms with Gasteiger partial charge in [0, 0.05) is 21.4 Å². The topological polar surface area (TPSA) is 38.3 Å². The number of rotatable bonds is 4. The van der Waals surface area contributed by atoms with E-state index in [1.54, 1.807) is 0 Å². The van der Waals surface area contributed by atoms with E-state index in [0.717, 1.165) is 32.5 Å². The molecule has 0 aromatic heterocycles. The Morgan fingerprint density at radius 1 is 1.13 bits per heavy atom. The van der Waals surface area contributed by atoms with Gasteiger partial charge in [0.15, 0.2) is 0 Å². The van der Waals surface area contributed by atoms with E-state index in [9.17, 15) is 4.79 Å². The van der Waals surface area contributed by atoms with Gasteiger partial charge in [-0.1, -0.05) is 46.3 Å². The molecule has 0 bridgehead atoms. The molecule has 0 unspecified atom stereocenters. The van der Waals surface area contributed by atoms with Crippen molar-refractivity contribution in [2.24, 2.45) is 0 Å². The maximum Gasteiger partial charge on any atom is 0.340 e. The number of allylic oxidation sites excluding steroid dienone is 1. The van der Waals surface area contributed by atoms with Gasteiger partial charge in [0.25, 0.3) is 0 Å². The molecule has 0 saturated heterocycles. The first-order valence-corrected chi connectivity index (χ1v) is 8.11. The lowest BCUT2D eigenvalue weighted by atomic mass is 10.0. The Kier molecular flexibility index (Phi) is 5.61. The van der Waals surface area contributed by atoms with Crippen molar-refractivity contribution in [2.45, 2.75) is 20.8 Å². The summed E-state index contributed by atoms with van der Waals surface area (Å²) in [5, 5.41) is 3.35. The highest BCUT2D eigenvalue weighted by Crippen LogP contribution is 2.29. The van der Waals surface area contributed by atoms with Gasteiger partial charge in [-0.05, 0) is 44.0 Å². The number of ether oxygens (including phenoxy) is 1. The van der Waals surface area contributed by atoms with E-state index < -0.39 is 0 Å². The van der Waals surface area contributed by atoms with Crippen LogP contribution in [0.4, 0.5) is 5.69 Å². The van der Waals surface area contributed by atoms with E-state index in [-0.39, 0.29) is 5.97 Å². The zero-order valence-electron chi connectivity index (χ0n) is 13.7. The van der Waals surface area contributed by atoms with Crippen LogP contribution in [0.3, 0.4) is 0 Å². The van der Waals surface area contributed by atoms with Gasteiger partial charge in [-0.2, -0.15) is 0 Å². The maximum absolute atomic E-state index is 12.3. The summed E-state index contributed by atoms with van der Waals surface area (Å²) in [6.07, 6.45) is 0. The van der Waals surface area contributed by atoms with Crippen LogP contribution in [0, 0.1) is 13.8 Å². The Morgan fingerprint density at radius 3 is 2.48 bits per heavy atom. The van der Waals surface area contributed by atoms with Crippen LogP contribution in [0.2, 0.25) is 0 Å². The normalized spacial score (nSPS) is 11.7. The van der Waals surface area contributed by atoms with E-state index in [2.05, 4.69) is 39.4 Å². The number of hydrogen-bond acceptors (Lipinski definition) is 3. The third-order valence-electron chi connectivity index (χ3n) is 3.62. The Morgan fingerprint density at radius 2 is 1.83 bits per heavy atom. The van der Waals surface area contributed by atoms with Crippen LogP contribution in [0.1, 0.15) is 23.6 Å². The number of aryl methyl sites for hydroxylation is 2. The quantitative estimate of drug-likeness (QED) is 0.599. The second-order valence-electron chi connectivity index (χ2n) is 5.41. The van der Waals surface area contributed by atoms with Crippen molar-refractivity contribution in [1.82, 2.24) is 0 Å². The zero-order valence-corrected chi connectivity index (χ0v) is 15.3. The summed E-state index contributed by atoms with van der Waals surface area (Å²) < 4.78 is 5.83. The maximum atomic E-state index is 12.3. The van der Waals surface area contributed by atoms with Crippen LogP contribution in [0.25, 0.3) is 5.57 Å². The van der Waals surface area contributed by atoms with Crippen LogP contribution in [-0.4, -0.2) is 13.1 Å². The highest BCUT2D eigenvalue weighted by atomic mass is 79.9. The largest absolute Gasteiger partial charge is 0.465 e. The number of hydrogen-bond donors (Lipinski definition) is 1. The summed E-state index contributed by atoms with van der Waals surface area (Å²) in [4.78, 5) is 12.3. The fourth-order valence-electron chi connectivity index (χ4n) is 2.37. The lowest BCUT2D eigenvalue weighted by Crippen LogP contribution is -2.11. The fourth-order valence-corrected chi connectivity index (χ4v) is 2.85. The van der Waals surface area contributed by atoms with Gasteiger partial charge >= 0.3 is 5.97 Å². The molecule has 0 aliphatic heterocycles. The van der Waals surface area contributed by atoms with Crippen molar-refractivity contribution in [3.63, 3.8) is 0 Å². The molecule has 0 aliphatic rings.